The Morgan fingerprint density at radius 3 is 2.32 bits per heavy atom. The molecule has 1 fully saturated rings. The highest BCUT2D eigenvalue weighted by Crippen LogP contribution is 2.22. The first-order valence-electron chi connectivity index (χ1n) is 10.1. The molecule has 9 heteroatoms. The number of carbonyl (C=O) groups is 1. The normalized spacial score (nSPS) is 14.9. The lowest BCUT2D eigenvalue weighted by molar-refractivity contribution is 0.0934. The van der Waals surface area contributed by atoms with Crippen molar-refractivity contribution in [1.82, 2.24) is 15.5 Å². The van der Waals surface area contributed by atoms with Crippen molar-refractivity contribution in [1.29, 1.82) is 0 Å². The molecule has 1 N–H and O–H groups in total. The fraction of sp³-hybridized carbons (Fsp3) is 0.318. The Hall–Kier alpha value is -3.62. The van der Waals surface area contributed by atoms with E-state index < -0.39 is 6.04 Å². The lowest BCUT2D eigenvalue weighted by Gasteiger charge is -2.35. The van der Waals surface area contributed by atoms with E-state index in [4.69, 9.17) is 9.15 Å². The molecule has 4 rings (SSSR count). The summed E-state index contributed by atoms with van der Waals surface area (Å²) in [4.78, 5) is 16.6. The van der Waals surface area contributed by atoms with Crippen LogP contribution in [0.25, 0.3) is 0 Å². The van der Waals surface area contributed by atoms with Crippen LogP contribution in [-0.4, -0.2) is 49.4 Å². The maximum atomic E-state index is 13.1. The smallest absolute Gasteiger partial charge is 0.318 e. The van der Waals surface area contributed by atoms with Crippen molar-refractivity contribution in [2.45, 2.75) is 13.0 Å². The van der Waals surface area contributed by atoms with Crippen LogP contribution in [0.5, 0.6) is 5.75 Å². The maximum Gasteiger partial charge on any atom is 0.318 e. The predicted molar refractivity (Wildman–Crippen MR) is 114 cm³/mol. The summed E-state index contributed by atoms with van der Waals surface area (Å²) in [5, 5.41) is 11.1. The van der Waals surface area contributed by atoms with Gasteiger partial charge in [-0.2, -0.15) is 0 Å². The molecule has 1 saturated heterocycles. The first kappa shape index (κ1) is 20.6. The van der Waals surface area contributed by atoms with Gasteiger partial charge in [0.1, 0.15) is 17.6 Å². The molecule has 0 bridgehead atoms. The quantitative estimate of drug-likeness (QED) is 0.650. The van der Waals surface area contributed by atoms with E-state index in [2.05, 4.69) is 20.4 Å². The number of hydrogen-bond acceptors (Lipinski definition) is 7. The lowest BCUT2D eigenvalue weighted by atomic mass is 10.2. The molecule has 1 aromatic heterocycles. The number of rotatable bonds is 6. The highest BCUT2D eigenvalue weighted by Gasteiger charge is 2.24. The van der Waals surface area contributed by atoms with E-state index in [-0.39, 0.29) is 11.7 Å². The van der Waals surface area contributed by atoms with Crippen LogP contribution in [0.4, 0.5) is 16.1 Å². The molecule has 2 aromatic carbocycles. The second-order valence-corrected chi connectivity index (χ2v) is 7.30. The second kappa shape index (κ2) is 9.03. The summed E-state index contributed by atoms with van der Waals surface area (Å²) in [6.07, 6.45) is 0. The second-order valence-electron chi connectivity index (χ2n) is 7.30. The third kappa shape index (κ3) is 4.76. The number of carbonyl (C=O) groups excluding carboxylic acids is 1. The number of aromatic nitrogens is 2. The van der Waals surface area contributed by atoms with Gasteiger partial charge in [0.15, 0.2) is 0 Å². The van der Waals surface area contributed by atoms with Gasteiger partial charge in [-0.05, 0) is 55.5 Å². The van der Waals surface area contributed by atoms with Gasteiger partial charge < -0.3 is 24.3 Å². The van der Waals surface area contributed by atoms with Crippen LogP contribution in [0.1, 0.15) is 29.2 Å². The number of anilines is 2. The van der Waals surface area contributed by atoms with Gasteiger partial charge in [0.2, 0.25) is 5.89 Å². The average molecular weight is 425 g/mol. The molecule has 0 spiro atoms. The topological polar surface area (TPSA) is 83.7 Å². The highest BCUT2D eigenvalue weighted by atomic mass is 19.1. The van der Waals surface area contributed by atoms with Crippen LogP contribution in [0, 0.1) is 5.82 Å². The molecule has 8 nitrogen and oxygen atoms in total. The molecular weight excluding hydrogens is 401 g/mol. The SMILES string of the molecule is COc1ccc(C(=O)N[C@H](C)c2nnc(N3CCN(c4ccc(F)cc4)CC3)o2)cc1. The summed E-state index contributed by atoms with van der Waals surface area (Å²) in [6.45, 7) is 4.71. The summed E-state index contributed by atoms with van der Waals surface area (Å²) >= 11 is 0. The van der Waals surface area contributed by atoms with Crippen LogP contribution in [0.15, 0.2) is 52.9 Å². The molecule has 1 atom stereocenters. The Morgan fingerprint density at radius 1 is 1.03 bits per heavy atom. The Bertz CT molecular complexity index is 1010. The number of halogens is 1. The molecule has 3 aromatic rings. The number of methoxy groups -OCH3 is 1. The molecule has 1 aliphatic rings. The van der Waals surface area contributed by atoms with Crippen molar-refractivity contribution in [3.63, 3.8) is 0 Å². The summed E-state index contributed by atoms with van der Waals surface area (Å²) in [5.74, 6) is 0.556. The van der Waals surface area contributed by atoms with Crippen molar-refractivity contribution in [2.75, 3.05) is 43.1 Å². The third-order valence-electron chi connectivity index (χ3n) is 5.24. The molecule has 31 heavy (non-hydrogen) atoms. The standard InChI is InChI=1S/C22H24FN5O3/c1-15(24-20(29)16-3-9-19(30-2)10-4-16)21-25-26-22(31-21)28-13-11-27(12-14-28)18-7-5-17(23)6-8-18/h3-10,15H,11-14H2,1-2H3,(H,24,29)/t15-/m1/s1. The van der Waals surface area contributed by atoms with Gasteiger partial charge in [-0.3, -0.25) is 4.79 Å². The summed E-state index contributed by atoms with van der Waals surface area (Å²) < 4.78 is 24.0. The van der Waals surface area contributed by atoms with Gasteiger partial charge in [-0.25, -0.2) is 4.39 Å². The Morgan fingerprint density at radius 2 is 1.68 bits per heavy atom. The van der Waals surface area contributed by atoms with Gasteiger partial charge in [0.05, 0.1) is 7.11 Å². The molecule has 162 valence electrons. The molecule has 1 amide bonds. The van der Waals surface area contributed by atoms with E-state index in [1.807, 2.05) is 4.90 Å². The number of amides is 1. The van der Waals surface area contributed by atoms with Gasteiger partial charge in [0.25, 0.3) is 5.91 Å². The molecule has 0 saturated carbocycles. The van der Waals surface area contributed by atoms with E-state index >= 15 is 0 Å². The maximum absolute atomic E-state index is 13.1. The van der Waals surface area contributed by atoms with Crippen molar-refractivity contribution in [3.05, 3.63) is 65.8 Å². The third-order valence-corrected chi connectivity index (χ3v) is 5.24. The zero-order valence-corrected chi connectivity index (χ0v) is 17.4. The molecule has 0 radical (unpaired) electrons. The van der Waals surface area contributed by atoms with E-state index in [1.165, 1.54) is 12.1 Å². The van der Waals surface area contributed by atoms with E-state index in [0.717, 1.165) is 18.8 Å². The average Bonchev–Trinajstić information content (AvgIpc) is 3.30. The number of benzene rings is 2. The fourth-order valence-corrected chi connectivity index (χ4v) is 3.42. The minimum Gasteiger partial charge on any atom is -0.497 e. The van der Waals surface area contributed by atoms with Crippen molar-refractivity contribution < 1.29 is 18.3 Å². The number of ether oxygens (including phenoxy) is 1. The largest absolute Gasteiger partial charge is 0.497 e. The van der Waals surface area contributed by atoms with E-state index in [0.29, 0.717) is 36.3 Å². The van der Waals surface area contributed by atoms with Crippen LogP contribution in [-0.2, 0) is 0 Å². The monoisotopic (exact) mass is 425 g/mol. The molecular formula is C22H24FN5O3. The van der Waals surface area contributed by atoms with Crippen molar-refractivity contribution in [2.24, 2.45) is 0 Å². The van der Waals surface area contributed by atoms with E-state index in [9.17, 15) is 9.18 Å². The predicted octanol–water partition coefficient (Wildman–Crippen LogP) is 3.03. The van der Waals surface area contributed by atoms with E-state index in [1.54, 1.807) is 50.4 Å². The van der Waals surface area contributed by atoms with Crippen LogP contribution in [0.2, 0.25) is 0 Å². The lowest BCUT2D eigenvalue weighted by Crippen LogP contribution is -2.46. The summed E-state index contributed by atoms with van der Waals surface area (Å²) in [5.41, 5.74) is 1.51. The number of nitrogens with one attached hydrogen (secondary N) is 1. The van der Waals surface area contributed by atoms with Crippen LogP contribution < -0.4 is 19.9 Å². The minimum atomic E-state index is -0.434. The first-order chi connectivity index (χ1) is 15.0. The minimum absolute atomic E-state index is 0.234. The number of nitrogens with zero attached hydrogens (tertiary/aromatic N) is 4. The molecule has 2 heterocycles. The summed E-state index contributed by atoms with van der Waals surface area (Å²) in [7, 11) is 1.58. The van der Waals surface area contributed by atoms with Crippen LogP contribution >= 0.6 is 0 Å². The highest BCUT2D eigenvalue weighted by molar-refractivity contribution is 5.94. The van der Waals surface area contributed by atoms with Crippen molar-refractivity contribution >= 4 is 17.6 Å². The van der Waals surface area contributed by atoms with Gasteiger partial charge >= 0.3 is 6.01 Å². The Labute approximate surface area is 179 Å². The number of hydrogen-bond donors (Lipinski definition) is 1. The van der Waals surface area contributed by atoms with Gasteiger partial charge in [-0.15, -0.1) is 5.10 Å². The Kier molecular flexibility index (Phi) is 6.01. The Balaban J connectivity index is 1.33. The zero-order chi connectivity index (χ0) is 21.8. The van der Waals surface area contributed by atoms with Crippen LogP contribution in [0.3, 0.4) is 0 Å². The zero-order valence-electron chi connectivity index (χ0n) is 17.4. The van der Waals surface area contributed by atoms with Crippen molar-refractivity contribution in [3.8, 4) is 5.75 Å². The fourth-order valence-electron chi connectivity index (χ4n) is 3.42. The molecule has 0 aliphatic carbocycles. The summed E-state index contributed by atoms with van der Waals surface area (Å²) in [6, 6.07) is 13.3. The number of piperazine rings is 1. The first-order valence-corrected chi connectivity index (χ1v) is 10.1. The van der Waals surface area contributed by atoms with Gasteiger partial charge in [-0.1, -0.05) is 5.10 Å². The molecule has 1 aliphatic heterocycles. The van der Waals surface area contributed by atoms with Gasteiger partial charge in [0, 0.05) is 37.4 Å². The molecule has 0 unspecified atom stereocenters.